The number of hydrogen-bond acceptors (Lipinski definition) is 4. The number of hydrogen-bond donors (Lipinski definition) is 1. The highest BCUT2D eigenvalue weighted by Crippen LogP contribution is 2.12. The molecule has 0 aliphatic heterocycles. The van der Waals surface area contributed by atoms with Gasteiger partial charge in [-0.15, -0.1) is 0 Å². The molecule has 2 heterocycles. The molecule has 0 atom stereocenters. The molecule has 0 saturated carbocycles. The summed E-state index contributed by atoms with van der Waals surface area (Å²) in [5.41, 5.74) is 2.32. The summed E-state index contributed by atoms with van der Waals surface area (Å²) in [5, 5.41) is 9.17. The Labute approximate surface area is 137 Å². The lowest BCUT2D eigenvalue weighted by molar-refractivity contribution is 0.0695. The number of Topliss-reactive ketones (excluding diaryl/α,β-unsaturated/α-hetero) is 1. The fourth-order valence-corrected chi connectivity index (χ4v) is 1.92. The standard InChI is InChI=1S/C8H8ClNO.C7H6ClNO2/c1-5-4-10-8(9)3-7(5)6(2)11;1-4-3-9-6(8)2-5(4)7(10)11/h3-4H,1-2H3;2-3H,1H3,(H,10,11). The van der Waals surface area contributed by atoms with Crippen LogP contribution in [0.1, 0.15) is 38.8 Å². The Kier molecular flexibility index (Phi) is 6.46. The van der Waals surface area contributed by atoms with Gasteiger partial charge >= 0.3 is 5.97 Å². The molecule has 0 amide bonds. The maximum atomic E-state index is 10.9. The van der Waals surface area contributed by atoms with Gasteiger partial charge in [0, 0.05) is 18.0 Å². The lowest BCUT2D eigenvalue weighted by Crippen LogP contribution is -1.99. The van der Waals surface area contributed by atoms with Crippen molar-refractivity contribution in [2.75, 3.05) is 0 Å². The van der Waals surface area contributed by atoms with Gasteiger partial charge in [0.25, 0.3) is 0 Å². The van der Waals surface area contributed by atoms with Crippen molar-refractivity contribution in [3.05, 3.63) is 57.1 Å². The highest BCUT2D eigenvalue weighted by Gasteiger charge is 2.07. The number of aromatic nitrogens is 2. The lowest BCUT2D eigenvalue weighted by atomic mass is 10.1. The molecule has 2 aromatic heterocycles. The molecule has 2 aromatic rings. The fraction of sp³-hybridized carbons (Fsp3) is 0.200. The zero-order chi connectivity index (χ0) is 16.9. The quantitative estimate of drug-likeness (QED) is 0.660. The van der Waals surface area contributed by atoms with E-state index in [1.165, 1.54) is 19.2 Å². The van der Waals surface area contributed by atoms with Crippen molar-refractivity contribution in [2.24, 2.45) is 0 Å². The van der Waals surface area contributed by atoms with Crippen LogP contribution in [0.3, 0.4) is 0 Å². The van der Waals surface area contributed by atoms with Gasteiger partial charge in [0.1, 0.15) is 10.3 Å². The Morgan fingerprint density at radius 1 is 0.955 bits per heavy atom. The van der Waals surface area contributed by atoms with Crippen LogP contribution in [0, 0.1) is 13.8 Å². The van der Waals surface area contributed by atoms with Crippen LogP contribution in [0.4, 0.5) is 0 Å². The van der Waals surface area contributed by atoms with Gasteiger partial charge in [0.15, 0.2) is 5.78 Å². The Hall–Kier alpha value is -1.98. The van der Waals surface area contributed by atoms with Crippen molar-refractivity contribution in [3.63, 3.8) is 0 Å². The molecule has 2 rings (SSSR count). The molecule has 0 bridgehead atoms. The summed E-state index contributed by atoms with van der Waals surface area (Å²) in [5.74, 6) is -0.960. The average Bonchev–Trinajstić information content (AvgIpc) is 2.44. The van der Waals surface area contributed by atoms with Crippen LogP contribution in [0.15, 0.2) is 24.5 Å². The predicted molar refractivity (Wildman–Crippen MR) is 84.9 cm³/mol. The number of carboxylic acid groups (broad SMARTS) is 1. The molecule has 22 heavy (non-hydrogen) atoms. The largest absolute Gasteiger partial charge is 0.478 e. The van der Waals surface area contributed by atoms with Gasteiger partial charge in [-0.05, 0) is 44.0 Å². The molecule has 5 nitrogen and oxygen atoms in total. The average molecular weight is 341 g/mol. The van der Waals surface area contributed by atoms with E-state index in [2.05, 4.69) is 9.97 Å². The summed E-state index contributed by atoms with van der Waals surface area (Å²) >= 11 is 11.1. The number of rotatable bonds is 2. The number of halogens is 2. The normalized spacial score (nSPS) is 9.68. The molecule has 0 aromatic carbocycles. The minimum Gasteiger partial charge on any atom is -0.478 e. The molecular formula is C15H14Cl2N2O3. The van der Waals surface area contributed by atoms with Crippen molar-refractivity contribution in [1.82, 2.24) is 9.97 Å². The smallest absolute Gasteiger partial charge is 0.336 e. The molecule has 0 unspecified atom stereocenters. The zero-order valence-corrected chi connectivity index (χ0v) is 13.7. The van der Waals surface area contributed by atoms with E-state index < -0.39 is 5.97 Å². The van der Waals surface area contributed by atoms with Crippen molar-refractivity contribution in [3.8, 4) is 0 Å². The first kappa shape index (κ1) is 18.1. The summed E-state index contributed by atoms with van der Waals surface area (Å²) in [6.45, 7) is 5.02. The number of pyridine rings is 2. The van der Waals surface area contributed by atoms with Crippen LogP contribution in [0.25, 0.3) is 0 Å². The number of carboxylic acids is 1. The van der Waals surface area contributed by atoms with Crippen LogP contribution in [0.5, 0.6) is 0 Å². The number of ketones is 1. The minimum atomic E-state index is -0.980. The maximum absolute atomic E-state index is 10.9. The van der Waals surface area contributed by atoms with Gasteiger partial charge in [-0.25, -0.2) is 14.8 Å². The molecular weight excluding hydrogens is 327 g/mol. The van der Waals surface area contributed by atoms with E-state index in [1.54, 1.807) is 19.2 Å². The number of aromatic carboxylic acids is 1. The number of aryl methyl sites for hydroxylation is 2. The SMILES string of the molecule is CC(=O)c1cc(Cl)ncc1C.Cc1cnc(Cl)cc1C(=O)O. The van der Waals surface area contributed by atoms with E-state index >= 15 is 0 Å². The molecule has 7 heteroatoms. The third-order valence-corrected chi connectivity index (χ3v) is 3.16. The van der Waals surface area contributed by atoms with Crippen LogP contribution in [-0.2, 0) is 0 Å². The summed E-state index contributed by atoms with van der Waals surface area (Å²) in [4.78, 5) is 29.0. The van der Waals surface area contributed by atoms with E-state index in [0.717, 1.165) is 5.56 Å². The predicted octanol–water partition coefficient (Wildman–Crippen LogP) is 3.99. The van der Waals surface area contributed by atoms with E-state index in [4.69, 9.17) is 28.3 Å². The van der Waals surface area contributed by atoms with Gasteiger partial charge in [-0.2, -0.15) is 0 Å². The molecule has 116 valence electrons. The van der Waals surface area contributed by atoms with Gasteiger partial charge in [-0.1, -0.05) is 23.2 Å². The Balaban J connectivity index is 0.000000220. The van der Waals surface area contributed by atoms with E-state index in [9.17, 15) is 9.59 Å². The molecule has 0 fully saturated rings. The summed E-state index contributed by atoms with van der Waals surface area (Å²) < 4.78 is 0. The molecule has 0 spiro atoms. The highest BCUT2D eigenvalue weighted by atomic mass is 35.5. The third-order valence-electron chi connectivity index (χ3n) is 2.75. The summed E-state index contributed by atoms with van der Waals surface area (Å²) in [6, 6.07) is 2.92. The van der Waals surface area contributed by atoms with Crippen LogP contribution < -0.4 is 0 Å². The third kappa shape index (κ3) is 5.09. The summed E-state index contributed by atoms with van der Waals surface area (Å²) in [6.07, 6.45) is 3.03. The summed E-state index contributed by atoms with van der Waals surface area (Å²) in [7, 11) is 0. The maximum Gasteiger partial charge on any atom is 0.336 e. The van der Waals surface area contributed by atoms with Crippen LogP contribution in [-0.4, -0.2) is 26.8 Å². The highest BCUT2D eigenvalue weighted by molar-refractivity contribution is 6.30. The van der Waals surface area contributed by atoms with E-state index in [0.29, 0.717) is 16.3 Å². The van der Waals surface area contributed by atoms with Crippen molar-refractivity contribution >= 4 is 35.0 Å². The molecule has 0 radical (unpaired) electrons. The lowest BCUT2D eigenvalue weighted by Gasteiger charge is -1.99. The van der Waals surface area contributed by atoms with Crippen molar-refractivity contribution < 1.29 is 14.7 Å². The van der Waals surface area contributed by atoms with Crippen LogP contribution >= 0.6 is 23.2 Å². The van der Waals surface area contributed by atoms with E-state index in [-0.39, 0.29) is 16.5 Å². The van der Waals surface area contributed by atoms with Gasteiger partial charge < -0.3 is 5.11 Å². The topological polar surface area (TPSA) is 80.2 Å². The second kappa shape index (κ2) is 7.87. The molecule has 0 aliphatic carbocycles. The first-order valence-electron chi connectivity index (χ1n) is 6.21. The Morgan fingerprint density at radius 2 is 1.36 bits per heavy atom. The monoisotopic (exact) mass is 340 g/mol. The number of carbonyl (C=O) groups is 2. The first-order chi connectivity index (χ1) is 10.2. The zero-order valence-electron chi connectivity index (χ0n) is 12.2. The first-order valence-corrected chi connectivity index (χ1v) is 6.96. The minimum absolute atomic E-state index is 0.0202. The number of nitrogens with zero attached hydrogens (tertiary/aromatic N) is 2. The van der Waals surface area contributed by atoms with Crippen molar-refractivity contribution in [2.45, 2.75) is 20.8 Å². The van der Waals surface area contributed by atoms with Crippen LogP contribution in [0.2, 0.25) is 10.3 Å². The van der Waals surface area contributed by atoms with Crippen molar-refractivity contribution in [1.29, 1.82) is 0 Å². The Morgan fingerprint density at radius 3 is 1.68 bits per heavy atom. The van der Waals surface area contributed by atoms with E-state index in [1.807, 2.05) is 6.92 Å². The van der Waals surface area contributed by atoms with Gasteiger partial charge in [0.2, 0.25) is 0 Å². The van der Waals surface area contributed by atoms with Gasteiger partial charge in [0.05, 0.1) is 5.56 Å². The molecule has 1 N–H and O–H groups in total. The number of carbonyl (C=O) groups excluding carboxylic acids is 1. The molecule has 0 aliphatic rings. The second-order valence-corrected chi connectivity index (χ2v) is 5.28. The Bertz CT molecular complexity index is 656. The fourth-order valence-electron chi connectivity index (χ4n) is 1.61. The van der Waals surface area contributed by atoms with Gasteiger partial charge in [-0.3, -0.25) is 4.79 Å². The molecule has 0 saturated heterocycles. The second-order valence-electron chi connectivity index (χ2n) is 4.51.